The molecule has 1 saturated heterocycles. The second-order valence-electron chi connectivity index (χ2n) is 5.54. The van der Waals surface area contributed by atoms with Crippen LogP contribution < -0.4 is 5.32 Å². The average Bonchev–Trinajstić information content (AvgIpc) is 2.65. The summed E-state index contributed by atoms with van der Waals surface area (Å²) in [7, 11) is 0. The fourth-order valence-corrected chi connectivity index (χ4v) is 3.39. The summed E-state index contributed by atoms with van der Waals surface area (Å²) in [5.41, 5.74) is 0.779. The molecule has 1 aliphatic heterocycles. The van der Waals surface area contributed by atoms with E-state index in [1.54, 1.807) is 0 Å². The summed E-state index contributed by atoms with van der Waals surface area (Å²) in [6.45, 7) is 9.13. The number of hydrogen-bond acceptors (Lipinski definition) is 2. The van der Waals surface area contributed by atoms with Gasteiger partial charge in [0.1, 0.15) is 0 Å². The first-order valence-corrected chi connectivity index (χ1v) is 6.99. The Bertz CT molecular complexity index is 279. The second-order valence-corrected chi connectivity index (χ2v) is 6.51. The van der Waals surface area contributed by atoms with Crippen LogP contribution in [-0.4, -0.2) is 22.5 Å². The lowest BCUT2D eigenvalue weighted by Crippen LogP contribution is -2.42. The third kappa shape index (κ3) is 2.17. The van der Waals surface area contributed by atoms with Crippen LogP contribution in [0.15, 0.2) is 4.99 Å². The van der Waals surface area contributed by atoms with Gasteiger partial charge in [-0.3, -0.25) is 4.99 Å². The van der Waals surface area contributed by atoms with E-state index in [1.807, 2.05) is 11.8 Å². The molecule has 2 rings (SSSR count). The molecule has 1 saturated carbocycles. The maximum Gasteiger partial charge on any atom is 0.157 e. The second kappa shape index (κ2) is 3.69. The van der Waals surface area contributed by atoms with Crippen molar-refractivity contribution in [1.82, 2.24) is 5.32 Å². The molecule has 0 spiro atoms. The maximum absolute atomic E-state index is 4.80. The molecule has 2 nitrogen and oxygen atoms in total. The van der Waals surface area contributed by atoms with E-state index < -0.39 is 0 Å². The predicted molar refractivity (Wildman–Crippen MR) is 68.5 cm³/mol. The van der Waals surface area contributed by atoms with Crippen molar-refractivity contribution in [3.05, 3.63) is 0 Å². The first kappa shape index (κ1) is 11.3. The summed E-state index contributed by atoms with van der Waals surface area (Å²) in [5.74, 6) is 1.19. The summed E-state index contributed by atoms with van der Waals surface area (Å²) >= 11 is 1.91. The molecule has 2 aliphatic rings. The average molecular weight is 226 g/mol. The molecule has 2 fully saturated rings. The van der Waals surface area contributed by atoms with Crippen LogP contribution >= 0.6 is 11.8 Å². The molecule has 3 heteroatoms. The summed E-state index contributed by atoms with van der Waals surface area (Å²) in [5, 5.41) is 4.82. The molecule has 1 unspecified atom stereocenters. The van der Waals surface area contributed by atoms with Gasteiger partial charge in [0.2, 0.25) is 0 Å². The molecule has 1 N–H and O–H groups in total. The molecule has 0 radical (unpaired) electrons. The van der Waals surface area contributed by atoms with Crippen molar-refractivity contribution in [2.45, 2.75) is 58.5 Å². The van der Waals surface area contributed by atoms with Crippen LogP contribution in [-0.2, 0) is 0 Å². The number of thioether (sulfide) groups is 1. The summed E-state index contributed by atoms with van der Waals surface area (Å²) in [6.07, 6.45) is 3.65. The van der Waals surface area contributed by atoms with Crippen molar-refractivity contribution < 1.29 is 0 Å². The van der Waals surface area contributed by atoms with Crippen molar-refractivity contribution in [3.8, 4) is 0 Å². The Kier molecular flexibility index (Phi) is 2.78. The van der Waals surface area contributed by atoms with Crippen molar-refractivity contribution in [2.75, 3.05) is 5.75 Å². The van der Waals surface area contributed by atoms with E-state index in [9.17, 15) is 0 Å². The molecule has 1 heterocycles. The Labute approximate surface area is 97.3 Å². The lowest BCUT2D eigenvalue weighted by atomic mass is 9.96. The Morgan fingerprint density at radius 3 is 2.40 bits per heavy atom. The molecule has 0 aromatic rings. The van der Waals surface area contributed by atoms with Crippen LogP contribution in [0, 0.1) is 5.41 Å². The van der Waals surface area contributed by atoms with Crippen LogP contribution in [0.2, 0.25) is 0 Å². The largest absolute Gasteiger partial charge is 0.359 e. The molecule has 0 aromatic carbocycles. The highest BCUT2D eigenvalue weighted by molar-refractivity contribution is 8.14. The van der Waals surface area contributed by atoms with Gasteiger partial charge < -0.3 is 5.32 Å². The highest BCUT2D eigenvalue weighted by Crippen LogP contribution is 2.48. The van der Waals surface area contributed by atoms with Crippen molar-refractivity contribution >= 4 is 16.9 Å². The van der Waals surface area contributed by atoms with E-state index in [1.165, 1.54) is 30.2 Å². The van der Waals surface area contributed by atoms with Gasteiger partial charge in [-0.15, -0.1) is 0 Å². The Morgan fingerprint density at radius 2 is 2.00 bits per heavy atom. The van der Waals surface area contributed by atoms with Gasteiger partial charge in [-0.25, -0.2) is 0 Å². The lowest BCUT2D eigenvalue weighted by molar-refractivity contribution is 0.407. The zero-order valence-electron chi connectivity index (χ0n) is 10.3. The van der Waals surface area contributed by atoms with Crippen molar-refractivity contribution in [2.24, 2.45) is 10.4 Å². The molecule has 0 aromatic heterocycles. The number of nitrogens with zero attached hydrogens (tertiary/aromatic N) is 1. The van der Waals surface area contributed by atoms with Gasteiger partial charge in [-0.1, -0.05) is 39.5 Å². The molecule has 0 amide bonds. The van der Waals surface area contributed by atoms with Gasteiger partial charge in [0.05, 0.1) is 6.04 Å². The van der Waals surface area contributed by atoms with Crippen LogP contribution in [0.25, 0.3) is 0 Å². The zero-order valence-corrected chi connectivity index (χ0v) is 11.1. The predicted octanol–water partition coefficient (Wildman–Crippen LogP) is 3.04. The van der Waals surface area contributed by atoms with Gasteiger partial charge in [0.15, 0.2) is 5.17 Å². The maximum atomic E-state index is 4.80. The van der Waals surface area contributed by atoms with E-state index in [-0.39, 0.29) is 0 Å². The van der Waals surface area contributed by atoms with Gasteiger partial charge >= 0.3 is 0 Å². The van der Waals surface area contributed by atoms with Crippen molar-refractivity contribution in [1.29, 1.82) is 0 Å². The highest BCUT2D eigenvalue weighted by atomic mass is 32.2. The standard InChI is InChI=1S/C12H22N2S/c1-5-12(6-2)8-15-10(14-12)13-9-7-11(9,3)4/h9H,5-8H2,1-4H3,(H,13,14). The first-order valence-electron chi connectivity index (χ1n) is 6.00. The Hall–Kier alpha value is -0.180. The number of hydrogen-bond donors (Lipinski definition) is 1. The van der Waals surface area contributed by atoms with E-state index >= 15 is 0 Å². The molecule has 1 aliphatic carbocycles. The molecule has 1 atom stereocenters. The fraction of sp³-hybridized carbons (Fsp3) is 0.917. The zero-order chi connectivity index (χ0) is 11.1. The van der Waals surface area contributed by atoms with Crippen LogP contribution in [0.3, 0.4) is 0 Å². The normalized spacial score (nSPS) is 34.1. The van der Waals surface area contributed by atoms with E-state index in [0.29, 0.717) is 17.0 Å². The fourth-order valence-electron chi connectivity index (χ4n) is 2.01. The minimum absolute atomic E-state index is 0.322. The SMILES string of the molecule is CCC1(CC)CSC(=NC2CC2(C)C)N1. The number of aliphatic imine (C=N–C) groups is 1. The lowest BCUT2D eigenvalue weighted by Gasteiger charge is -2.25. The smallest absolute Gasteiger partial charge is 0.157 e. The highest BCUT2D eigenvalue weighted by Gasteiger charge is 2.47. The van der Waals surface area contributed by atoms with Gasteiger partial charge in [0, 0.05) is 11.3 Å². The molecule has 86 valence electrons. The number of rotatable bonds is 3. The van der Waals surface area contributed by atoms with E-state index in [4.69, 9.17) is 4.99 Å². The van der Waals surface area contributed by atoms with Crippen LogP contribution in [0.1, 0.15) is 47.0 Å². The van der Waals surface area contributed by atoms with Gasteiger partial charge in [0.25, 0.3) is 0 Å². The number of amidine groups is 1. The van der Waals surface area contributed by atoms with Gasteiger partial charge in [-0.2, -0.15) is 0 Å². The van der Waals surface area contributed by atoms with Crippen molar-refractivity contribution in [3.63, 3.8) is 0 Å². The molecular weight excluding hydrogens is 204 g/mol. The Balaban J connectivity index is 1.98. The number of nitrogens with one attached hydrogen (secondary N) is 1. The quantitative estimate of drug-likeness (QED) is 0.800. The summed E-state index contributed by atoms with van der Waals surface area (Å²) in [6, 6.07) is 0.567. The molecule has 15 heavy (non-hydrogen) atoms. The third-order valence-corrected chi connectivity index (χ3v) is 5.12. The minimum atomic E-state index is 0.322. The molecular formula is C12H22N2S. The minimum Gasteiger partial charge on any atom is -0.359 e. The van der Waals surface area contributed by atoms with Crippen LogP contribution in [0.4, 0.5) is 0 Å². The monoisotopic (exact) mass is 226 g/mol. The Morgan fingerprint density at radius 1 is 1.40 bits per heavy atom. The first-order chi connectivity index (χ1) is 7.01. The summed E-state index contributed by atoms with van der Waals surface area (Å²) in [4.78, 5) is 4.80. The topological polar surface area (TPSA) is 24.4 Å². The van der Waals surface area contributed by atoms with Gasteiger partial charge in [-0.05, 0) is 24.7 Å². The molecule has 0 bridgehead atoms. The van der Waals surface area contributed by atoms with E-state index in [2.05, 4.69) is 33.0 Å². The van der Waals surface area contributed by atoms with E-state index in [0.717, 1.165) is 0 Å². The third-order valence-electron chi connectivity index (χ3n) is 3.95. The summed E-state index contributed by atoms with van der Waals surface area (Å²) < 4.78 is 0. The van der Waals surface area contributed by atoms with Crippen LogP contribution in [0.5, 0.6) is 0 Å².